The number of pyridine rings is 1. The maximum atomic E-state index is 5.67. The van der Waals surface area contributed by atoms with Crippen LogP contribution in [-0.4, -0.2) is 21.5 Å². The number of anilines is 3. The molecule has 6 nitrogen and oxygen atoms in total. The fourth-order valence-corrected chi connectivity index (χ4v) is 1.68. The molecular formula is C12H16N6. The monoisotopic (exact) mass is 244 g/mol. The van der Waals surface area contributed by atoms with Crippen LogP contribution in [0.2, 0.25) is 0 Å². The first-order chi connectivity index (χ1) is 8.69. The van der Waals surface area contributed by atoms with Gasteiger partial charge in [0.25, 0.3) is 0 Å². The van der Waals surface area contributed by atoms with E-state index >= 15 is 0 Å². The van der Waals surface area contributed by atoms with Gasteiger partial charge in [-0.1, -0.05) is 6.07 Å². The van der Waals surface area contributed by atoms with Crippen LogP contribution < -0.4 is 16.4 Å². The summed E-state index contributed by atoms with van der Waals surface area (Å²) in [5.41, 5.74) is 12.2. The predicted octanol–water partition coefficient (Wildman–Crippen LogP) is 1.06. The average molecular weight is 244 g/mol. The van der Waals surface area contributed by atoms with Gasteiger partial charge in [-0.2, -0.15) is 9.97 Å². The Morgan fingerprint density at radius 1 is 1.22 bits per heavy atom. The molecule has 0 radical (unpaired) electrons. The van der Waals surface area contributed by atoms with Gasteiger partial charge in [-0.15, -0.1) is 0 Å². The molecule has 0 aromatic carbocycles. The lowest BCUT2D eigenvalue weighted by atomic mass is 10.3. The van der Waals surface area contributed by atoms with Crippen LogP contribution in [0.25, 0.3) is 0 Å². The van der Waals surface area contributed by atoms with Crippen molar-refractivity contribution in [2.24, 2.45) is 0 Å². The van der Waals surface area contributed by atoms with Crippen LogP contribution in [0.3, 0.4) is 0 Å². The molecule has 0 aliphatic rings. The van der Waals surface area contributed by atoms with Crippen LogP contribution in [0.15, 0.2) is 30.5 Å². The first-order valence-corrected chi connectivity index (χ1v) is 5.74. The number of hydrogen-bond donors (Lipinski definition) is 2. The van der Waals surface area contributed by atoms with E-state index in [2.05, 4.69) is 15.0 Å². The van der Waals surface area contributed by atoms with Crippen LogP contribution >= 0.6 is 0 Å². The van der Waals surface area contributed by atoms with Crippen LogP contribution in [0, 0.1) is 0 Å². The molecule has 0 amide bonds. The summed E-state index contributed by atoms with van der Waals surface area (Å²) in [4.78, 5) is 14.4. The highest BCUT2D eigenvalue weighted by atomic mass is 15.2. The summed E-state index contributed by atoms with van der Waals surface area (Å²) in [7, 11) is 0. The topological polar surface area (TPSA) is 94.0 Å². The van der Waals surface area contributed by atoms with Gasteiger partial charge in [-0.25, -0.2) is 0 Å². The Morgan fingerprint density at radius 2 is 2.06 bits per heavy atom. The molecular weight excluding hydrogens is 228 g/mol. The van der Waals surface area contributed by atoms with Crippen LogP contribution in [-0.2, 0) is 6.54 Å². The van der Waals surface area contributed by atoms with Crippen molar-refractivity contribution in [3.8, 4) is 0 Å². The van der Waals surface area contributed by atoms with Crippen molar-refractivity contribution in [2.45, 2.75) is 13.5 Å². The zero-order valence-electron chi connectivity index (χ0n) is 10.2. The number of nitrogens with zero attached hydrogens (tertiary/aromatic N) is 4. The Morgan fingerprint density at radius 3 is 2.67 bits per heavy atom. The van der Waals surface area contributed by atoms with E-state index in [1.807, 2.05) is 30.0 Å². The third-order valence-corrected chi connectivity index (χ3v) is 2.53. The molecule has 0 bridgehead atoms. The average Bonchev–Trinajstić information content (AvgIpc) is 2.36. The summed E-state index contributed by atoms with van der Waals surface area (Å²) in [6.45, 7) is 3.48. The van der Waals surface area contributed by atoms with Gasteiger partial charge in [0.05, 0.1) is 12.2 Å². The maximum Gasteiger partial charge on any atom is 0.223 e. The molecule has 0 aliphatic heterocycles. The van der Waals surface area contributed by atoms with Crippen LogP contribution in [0.5, 0.6) is 0 Å². The number of nitrogens with two attached hydrogens (primary N) is 2. The molecule has 0 spiro atoms. The van der Waals surface area contributed by atoms with Crippen LogP contribution in [0.4, 0.5) is 17.6 Å². The van der Waals surface area contributed by atoms with Crippen molar-refractivity contribution >= 4 is 17.6 Å². The van der Waals surface area contributed by atoms with Crippen molar-refractivity contribution in [1.29, 1.82) is 0 Å². The van der Waals surface area contributed by atoms with Crippen molar-refractivity contribution in [3.05, 3.63) is 36.2 Å². The van der Waals surface area contributed by atoms with E-state index in [0.717, 1.165) is 12.2 Å². The number of rotatable bonds is 4. The minimum absolute atomic E-state index is 0.185. The lowest BCUT2D eigenvalue weighted by molar-refractivity contribution is 0.793. The van der Waals surface area contributed by atoms with E-state index in [4.69, 9.17) is 11.5 Å². The highest BCUT2D eigenvalue weighted by Gasteiger charge is 2.09. The first kappa shape index (κ1) is 12.1. The Hall–Kier alpha value is -2.37. The molecule has 0 saturated carbocycles. The van der Waals surface area contributed by atoms with Gasteiger partial charge in [0.15, 0.2) is 0 Å². The molecule has 2 aromatic rings. The lowest BCUT2D eigenvalue weighted by Gasteiger charge is -2.21. The predicted molar refractivity (Wildman–Crippen MR) is 71.8 cm³/mol. The number of hydrogen-bond acceptors (Lipinski definition) is 6. The Kier molecular flexibility index (Phi) is 3.57. The summed E-state index contributed by atoms with van der Waals surface area (Å²) < 4.78 is 0. The largest absolute Gasteiger partial charge is 0.383 e. The van der Waals surface area contributed by atoms with E-state index in [-0.39, 0.29) is 5.95 Å². The zero-order chi connectivity index (χ0) is 13.0. The Labute approximate surface area is 106 Å². The molecule has 4 N–H and O–H groups in total. The van der Waals surface area contributed by atoms with Crippen molar-refractivity contribution in [1.82, 2.24) is 15.0 Å². The van der Waals surface area contributed by atoms with Gasteiger partial charge in [-0.05, 0) is 19.1 Å². The minimum atomic E-state index is 0.185. The van der Waals surface area contributed by atoms with E-state index in [1.54, 1.807) is 12.3 Å². The standard InChI is InChI=1S/C12H16N6/c1-2-18(8-9-5-3-4-6-15-9)11-7-10(13)16-12(14)17-11/h3-7H,2,8H2,1H3,(H4,13,14,16,17). The van der Waals surface area contributed by atoms with Gasteiger partial charge in [0.1, 0.15) is 11.6 Å². The third-order valence-electron chi connectivity index (χ3n) is 2.53. The molecule has 94 valence electrons. The second kappa shape index (κ2) is 5.31. The number of nitrogen functional groups attached to an aromatic ring is 2. The molecule has 2 aromatic heterocycles. The fourth-order valence-electron chi connectivity index (χ4n) is 1.68. The van der Waals surface area contributed by atoms with E-state index < -0.39 is 0 Å². The summed E-state index contributed by atoms with van der Waals surface area (Å²) in [5, 5.41) is 0. The third kappa shape index (κ3) is 2.85. The maximum absolute atomic E-state index is 5.67. The van der Waals surface area contributed by atoms with Gasteiger partial charge >= 0.3 is 0 Å². The van der Waals surface area contributed by atoms with E-state index in [9.17, 15) is 0 Å². The number of aromatic nitrogens is 3. The molecule has 6 heteroatoms. The molecule has 0 aliphatic carbocycles. The first-order valence-electron chi connectivity index (χ1n) is 5.74. The summed E-state index contributed by atoms with van der Waals surface area (Å²) in [5.74, 6) is 1.27. The quantitative estimate of drug-likeness (QED) is 0.835. The van der Waals surface area contributed by atoms with Crippen molar-refractivity contribution in [2.75, 3.05) is 22.9 Å². The van der Waals surface area contributed by atoms with E-state index in [0.29, 0.717) is 18.2 Å². The normalized spacial score (nSPS) is 10.3. The second-order valence-corrected chi connectivity index (χ2v) is 3.84. The van der Waals surface area contributed by atoms with Crippen LogP contribution in [0.1, 0.15) is 12.6 Å². The van der Waals surface area contributed by atoms with Gasteiger partial charge < -0.3 is 16.4 Å². The molecule has 18 heavy (non-hydrogen) atoms. The van der Waals surface area contributed by atoms with E-state index in [1.165, 1.54) is 0 Å². The SMILES string of the molecule is CCN(Cc1ccccn1)c1cc(N)nc(N)n1. The lowest BCUT2D eigenvalue weighted by Crippen LogP contribution is -2.24. The fraction of sp³-hybridized carbons (Fsp3) is 0.250. The zero-order valence-corrected chi connectivity index (χ0v) is 10.2. The minimum Gasteiger partial charge on any atom is -0.383 e. The smallest absolute Gasteiger partial charge is 0.223 e. The van der Waals surface area contributed by atoms with Gasteiger partial charge in [0, 0.05) is 18.8 Å². The molecule has 2 heterocycles. The molecule has 2 rings (SSSR count). The van der Waals surface area contributed by atoms with Gasteiger partial charge in [0.2, 0.25) is 5.95 Å². The second-order valence-electron chi connectivity index (χ2n) is 3.84. The highest BCUT2D eigenvalue weighted by molar-refractivity contribution is 5.50. The van der Waals surface area contributed by atoms with Crippen molar-refractivity contribution < 1.29 is 0 Å². The van der Waals surface area contributed by atoms with Crippen molar-refractivity contribution in [3.63, 3.8) is 0 Å². The molecule has 0 fully saturated rings. The summed E-state index contributed by atoms with van der Waals surface area (Å²) >= 11 is 0. The molecule has 0 saturated heterocycles. The summed E-state index contributed by atoms with van der Waals surface area (Å²) in [6, 6.07) is 7.53. The highest BCUT2D eigenvalue weighted by Crippen LogP contribution is 2.16. The van der Waals surface area contributed by atoms with Gasteiger partial charge in [-0.3, -0.25) is 4.98 Å². The Balaban J connectivity index is 2.23. The summed E-state index contributed by atoms with van der Waals surface area (Å²) in [6.07, 6.45) is 1.77. The molecule has 0 atom stereocenters. The molecule has 0 unspecified atom stereocenters. The Bertz CT molecular complexity index is 493.